The zero-order chi connectivity index (χ0) is 16.3. The number of alkyl halides is 1. The number of allylic oxidation sites excluding steroid dienone is 2. The van der Waals surface area contributed by atoms with Crippen molar-refractivity contribution >= 4 is 21.6 Å². The van der Waals surface area contributed by atoms with Crippen LogP contribution < -0.4 is 15.6 Å². The average Bonchev–Trinajstić information content (AvgIpc) is 2.53. The highest BCUT2D eigenvalue weighted by molar-refractivity contribution is 9.09. The van der Waals surface area contributed by atoms with Gasteiger partial charge >= 0.3 is 0 Å². The second-order valence-corrected chi connectivity index (χ2v) is 5.67. The van der Waals surface area contributed by atoms with Crippen LogP contribution in [-0.4, -0.2) is 18.5 Å². The van der Waals surface area contributed by atoms with Crippen molar-refractivity contribution < 1.29 is 4.74 Å². The summed E-state index contributed by atoms with van der Waals surface area (Å²) in [6.07, 6.45) is 6.25. The van der Waals surface area contributed by atoms with E-state index in [0.29, 0.717) is 11.4 Å². The highest BCUT2D eigenvalue weighted by Crippen LogP contribution is 2.18. The SMILES string of the molecule is C/C=C(\C=C/C(C)Br)CN(N)c1ccc(OC)cc1.CC. The number of nitrogens with two attached hydrogens (primary N) is 1. The Kier molecular flexibility index (Phi) is 10.7. The summed E-state index contributed by atoms with van der Waals surface area (Å²) in [6, 6.07) is 7.70. The molecule has 1 atom stereocenters. The van der Waals surface area contributed by atoms with Gasteiger partial charge in [0, 0.05) is 4.83 Å². The quantitative estimate of drug-likeness (QED) is 0.348. The smallest absolute Gasteiger partial charge is 0.119 e. The minimum Gasteiger partial charge on any atom is -0.497 e. The summed E-state index contributed by atoms with van der Waals surface area (Å²) in [6.45, 7) is 8.76. The largest absolute Gasteiger partial charge is 0.497 e. The summed E-state index contributed by atoms with van der Waals surface area (Å²) in [5.41, 5.74) is 2.13. The molecule has 0 aromatic heterocycles. The van der Waals surface area contributed by atoms with E-state index in [1.54, 1.807) is 12.1 Å². The van der Waals surface area contributed by atoms with Crippen LogP contribution in [0.1, 0.15) is 27.7 Å². The van der Waals surface area contributed by atoms with Crippen LogP contribution in [0.25, 0.3) is 0 Å². The van der Waals surface area contributed by atoms with Crippen LogP contribution in [0.3, 0.4) is 0 Å². The van der Waals surface area contributed by atoms with Gasteiger partial charge in [0.1, 0.15) is 5.75 Å². The van der Waals surface area contributed by atoms with E-state index in [4.69, 9.17) is 10.6 Å². The van der Waals surface area contributed by atoms with E-state index in [-0.39, 0.29) is 0 Å². The van der Waals surface area contributed by atoms with E-state index < -0.39 is 0 Å². The molecule has 0 amide bonds. The third-order valence-electron chi connectivity index (χ3n) is 2.70. The van der Waals surface area contributed by atoms with E-state index in [2.05, 4.69) is 41.1 Å². The molecule has 3 nitrogen and oxygen atoms in total. The molecule has 0 spiro atoms. The van der Waals surface area contributed by atoms with Gasteiger partial charge in [-0.2, -0.15) is 0 Å². The van der Waals surface area contributed by atoms with E-state index >= 15 is 0 Å². The molecule has 1 aromatic rings. The number of benzene rings is 1. The fraction of sp³-hybridized carbons (Fsp3) is 0.412. The lowest BCUT2D eigenvalue weighted by molar-refractivity contribution is 0.415. The third-order valence-corrected chi connectivity index (χ3v) is 3.01. The van der Waals surface area contributed by atoms with Gasteiger partial charge in [-0.25, -0.2) is 5.84 Å². The Labute approximate surface area is 137 Å². The monoisotopic (exact) mass is 354 g/mol. The minimum atomic E-state index is 0.356. The topological polar surface area (TPSA) is 38.5 Å². The summed E-state index contributed by atoms with van der Waals surface area (Å²) in [7, 11) is 1.65. The van der Waals surface area contributed by atoms with Crippen molar-refractivity contribution in [2.75, 3.05) is 18.7 Å². The number of anilines is 1. The molecular formula is C17H27BrN2O. The molecule has 118 valence electrons. The van der Waals surface area contributed by atoms with Gasteiger partial charge in [-0.3, -0.25) is 0 Å². The molecule has 0 fully saturated rings. The Hall–Kier alpha value is -1.26. The number of hydrazine groups is 1. The first kappa shape index (κ1) is 19.7. The maximum absolute atomic E-state index is 6.08. The molecule has 0 heterocycles. The van der Waals surface area contributed by atoms with Gasteiger partial charge < -0.3 is 9.75 Å². The van der Waals surface area contributed by atoms with Crippen LogP contribution >= 0.6 is 15.9 Å². The Morgan fingerprint density at radius 1 is 1.33 bits per heavy atom. The van der Waals surface area contributed by atoms with Gasteiger partial charge in [0.05, 0.1) is 19.3 Å². The molecule has 0 aliphatic rings. The molecule has 0 bridgehead atoms. The molecular weight excluding hydrogens is 328 g/mol. The molecule has 4 heteroatoms. The number of rotatable bonds is 6. The molecule has 0 saturated heterocycles. The summed E-state index contributed by atoms with van der Waals surface area (Å²) >= 11 is 3.49. The van der Waals surface area contributed by atoms with Crippen LogP contribution in [-0.2, 0) is 0 Å². The van der Waals surface area contributed by atoms with Gasteiger partial charge in [-0.1, -0.05) is 48.0 Å². The van der Waals surface area contributed by atoms with E-state index in [1.165, 1.54) is 5.57 Å². The fourth-order valence-electron chi connectivity index (χ4n) is 1.56. The number of nitrogens with zero attached hydrogens (tertiary/aromatic N) is 1. The van der Waals surface area contributed by atoms with Crippen molar-refractivity contribution in [2.45, 2.75) is 32.5 Å². The fourth-order valence-corrected chi connectivity index (χ4v) is 1.71. The standard InChI is InChI=1S/C15H21BrN2O.C2H6/c1-4-13(6-5-12(2)16)11-18(17)14-7-9-15(19-3)10-8-14;1-2/h4-10,12H,11,17H2,1-3H3;1-2H3/b6-5-,13-4+;. The summed E-state index contributed by atoms with van der Waals surface area (Å²) in [5.74, 6) is 6.91. The number of methoxy groups -OCH3 is 1. The van der Waals surface area contributed by atoms with Crippen LogP contribution in [0.5, 0.6) is 5.75 Å². The van der Waals surface area contributed by atoms with Crippen molar-refractivity contribution in [2.24, 2.45) is 5.84 Å². The second kappa shape index (κ2) is 11.4. The van der Waals surface area contributed by atoms with E-state index in [0.717, 1.165) is 11.4 Å². The lowest BCUT2D eigenvalue weighted by atomic mass is 10.2. The number of hydrogen-bond acceptors (Lipinski definition) is 3. The van der Waals surface area contributed by atoms with Gasteiger partial charge in [-0.15, -0.1) is 0 Å². The Bertz CT molecular complexity index is 439. The molecule has 1 aromatic carbocycles. The van der Waals surface area contributed by atoms with Crippen LogP contribution in [0.4, 0.5) is 5.69 Å². The first-order chi connectivity index (χ1) is 10.1. The molecule has 0 aliphatic carbocycles. The molecule has 1 unspecified atom stereocenters. The van der Waals surface area contributed by atoms with Crippen LogP contribution in [0, 0.1) is 0 Å². The first-order valence-electron chi connectivity index (χ1n) is 7.20. The number of ether oxygens (including phenoxy) is 1. The number of hydrogen-bond donors (Lipinski definition) is 1. The predicted molar refractivity (Wildman–Crippen MR) is 97.2 cm³/mol. The molecule has 2 N–H and O–H groups in total. The zero-order valence-electron chi connectivity index (χ0n) is 13.6. The van der Waals surface area contributed by atoms with E-state index in [9.17, 15) is 0 Å². The van der Waals surface area contributed by atoms with Crippen molar-refractivity contribution in [3.05, 3.63) is 48.1 Å². The second-order valence-electron chi connectivity index (χ2n) is 4.23. The minimum absolute atomic E-state index is 0.356. The lowest BCUT2D eigenvalue weighted by Gasteiger charge is -2.19. The predicted octanol–water partition coefficient (Wildman–Crippen LogP) is 4.69. The van der Waals surface area contributed by atoms with Crippen molar-refractivity contribution in [3.8, 4) is 5.75 Å². The summed E-state index contributed by atoms with van der Waals surface area (Å²) in [4.78, 5) is 0.356. The summed E-state index contributed by atoms with van der Waals surface area (Å²) < 4.78 is 5.13. The number of halogens is 1. The van der Waals surface area contributed by atoms with E-state index in [1.807, 2.05) is 45.0 Å². The lowest BCUT2D eigenvalue weighted by Crippen LogP contribution is -2.32. The van der Waals surface area contributed by atoms with Crippen molar-refractivity contribution in [1.29, 1.82) is 0 Å². The Morgan fingerprint density at radius 3 is 2.33 bits per heavy atom. The Balaban J connectivity index is 0.00000191. The molecule has 0 radical (unpaired) electrons. The maximum atomic E-state index is 6.08. The van der Waals surface area contributed by atoms with Gasteiger partial charge in [0.2, 0.25) is 0 Å². The van der Waals surface area contributed by atoms with Gasteiger partial charge in [-0.05, 0) is 43.7 Å². The third kappa shape index (κ3) is 7.93. The Morgan fingerprint density at radius 2 is 1.90 bits per heavy atom. The normalized spacial score (nSPS) is 12.6. The maximum Gasteiger partial charge on any atom is 0.119 e. The molecule has 0 saturated carbocycles. The highest BCUT2D eigenvalue weighted by atomic mass is 79.9. The zero-order valence-corrected chi connectivity index (χ0v) is 15.2. The van der Waals surface area contributed by atoms with Crippen LogP contribution in [0.15, 0.2) is 48.1 Å². The first-order valence-corrected chi connectivity index (χ1v) is 8.12. The van der Waals surface area contributed by atoms with Gasteiger partial charge in [0.25, 0.3) is 0 Å². The van der Waals surface area contributed by atoms with Gasteiger partial charge in [0.15, 0.2) is 0 Å². The molecule has 1 rings (SSSR count). The molecule has 21 heavy (non-hydrogen) atoms. The van der Waals surface area contributed by atoms with Crippen molar-refractivity contribution in [1.82, 2.24) is 0 Å². The average molecular weight is 355 g/mol. The van der Waals surface area contributed by atoms with Crippen LogP contribution in [0.2, 0.25) is 0 Å². The summed E-state index contributed by atoms with van der Waals surface area (Å²) in [5, 5.41) is 1.72. The molecule has 0 aliphatic heterocycles. The van der Waals surface area contributed by atoms with Crippen molar-refractivity contribution in [3.63, 3.8) is 0 Å². The highest BCUT2D eigenvalue weighted by Gasteiger charge is 2.03.